The summed E-state index contributed by atoms with van der Waals surface area (Å²) in [5.74, 6) is 1.49. The Morgan fingerprint density at radius 3 is 2.28 bits per heavy atom. The Bertz CT molecular complexity index is 1110. The van der Waals surface area contributed by atoms with Gasteiger partial charge >= 0.3 is 0 Å². The second-order valence-corrected chi connectivity index (χ2v) is 17.1. The van der Waals surface area contributed by atoms with E-state index < -0.39 is 0 Å². The number of carbonyl (C=O) groups excluding carboxylic acids is 2. The van der Waals surface area contributed by atoms with E-state index in [-0.39, 0.29) is 50.6 Å². The van der Waals surface area contributed by atoms with Crippen molar-refractivity contribution in [1.82, 2.24) is 4.90 Å². The molecule has 0 spiro atoms. The largest absolute Gasteiger partial charge is 0.393 e. The van der Waals surface area contributed by atoms with Crippen molar-refractivity contribution in [1.29, 1.82) is 0 Å². The summed E-state index contributed by atoms with van der Waals surface area (Å²) < 4.78 is 0. The number of hydrogen-bond donors (Lipinski definition) is 1. The summed E-state index contributed by atoms with van der Waals surface area (Å²) in [6.07, 6.45) is 13.2. The van der Waals surface area contributed by atoms with Crippen LogP contribution in [0.15, 0.2) is 11.6 Å². The van der Waals surface area contributed by atoms with E-state index >= 15 is 0 Å². The van der Waals surface area contributed by atoms with E-state index in [4.69, 9.17) is 0 Å². The van der Waals surface area contributed by atoms with Crippen molar-refractivity contribution in [2.75, 3.05) is 13.6 Å². The molecule has 0 aromatic heterocycles. The van der Waals surface area contributed by atoms with Gasteiger partial charge in [0.2, 0.25) is 0 Å². The van der Waals surface area contributed by atoms with Crippen LogP contribution in [0.3, 0.4) is 0 Å². The number of likely N-dealkylation sites (N-methyl/N-ethyl adjacent to an activating group) is 1. The van der Waals surface area contributed by atoms with E-state index in [1.807, 2.05) is 0 Å². The monoisotopic (exact) mass is 537 g/mol. The van der Waals surface area contributed by atoms with E-state index in [1.165, 1.54) is 12.0 Å². The quantitative estimate of drug-likeness (QED) is 0.412. The zero-order chi connectivity index (χ0) is 28.4. The van der Waals surface area contributed by atoms with Gasteiger partial charge in [0.15, 0.2) is 11.6 Å². The molecule has 6 aliphatic rings. The Labute approximate surface area is 237 Å². The van der Waals surface area contributed by atoms with E-state index in [9.17, 15) is 14.7 Å². The lowest BCUT2D eigenvalue weighted by Crippen LogP contribution is -2.66. The maximum Gasteiger partial charge on any atom is 0.159 e. The predicted octanol–water partition coefficient (Wildman–Crippen LogP) is 6.99. The first-order valence-corrected chi connectivity index (χ1v) is 16.2. The van der Waals surface area contributed by atoms with Crippen LogP contribution in [0.2, 0.25) is 0 Å². The fourth-order valence-electron chi connectivity index (χ4n) is 12.0. The van der Waals surface area contributed by atoms with Crippen molar-refractivity contribution < 1.29 is 14.7 Å². The highest BCUT2D eigenvalue weighted by Gasteiger charge is 2.70. The van der Waals surface area contributed by atoms with Gasteiger partial charge in [-0.25, -0.2) is 0 Å². The molecule has 1 N–H and O–H groups in total. The molecule has 4 saturated carbocycles. The van der Waals surface area contributed by atoms with Crippen molar-refractivity contribution in [2.45, 2.75) is 131 Å². The molecule has 1 aliphatic heterocycles. The molecule has 5 fully saturated rings. The standard InChI is InChI=1S/C35H55NO3/c1-30(2)26-11-14-35(7)28(33(26,5)13-12-27(30)38)25(37)20-22-23-21-32(4,29(39)24-10-9-19-36(24)8)16-15-31(23,3)17-18-34(22,35)6/h20,23-24,26-28,38H,9-19,21H2,1-8H3/t23-,24?,26?,27+,28?,31-,32+,33+,34-,35-/m1/s1. The summed E-state index contributed by atoms with van der Waals surface area (Å²) in [6.45, 7) is 17.6. The van der Waals surface area contributed by atoms with Gasteiger partial charge in [-0.15, -0.1) is 0 Å². The fourth-order valence-corrected chi connectivity index (χ4v) is 12.0. The molecular weight excluding hydrogens is 482 g/mol. The highest BCUT2D eigenvalue weighted by atomic mass is 16.3. The maximum absolute atomic E-state index is 14.5. The third-order valence-corrected chi connectivity index (χ3v) is 15.0. The van der Waals surface area contributed by atoms with Crippen LogP contribution in [0, 0.1) is 50.2 Å². The lowest BCUT2D eigenvalue weighted by molar-refractivity contribution is -0.202. The van der Waals surface area contributed by atoms with Crippen molar-refractivity contribution in [2.24, 2.45) is 50.2 Å². The fraction of sp³-hybridized carbons (Fsp3) is 0.886. The van der Waals surface area contributed by atoms with Gasteiger partial charge in [-0.2, -0.15) is 0 Å². The van der Waals surface area contributed by atoms with Gasteiger partial charge < -0.3 is 5.11 Å². The molecule has 39 heavy (non-hydrogen) atoms. The van der Waals surface area contributed by atoms with Crippen molar-refractivity contribution >= 4 is 11.6 Å². The lowest BCUT2D eigenvalue weighted by Gasteiger charge is -2.70. The van der Waals surface area contributed by atoms with Crippen LogP contribution in [-0.2, 0) is 9.59 Å². The number of rotatable bonds is 2. The molecule has 4 heteroatoms. The molecule has 3 unspecified atom stereocenters. The first-order chi connectivity index (χ1) is 18.0. The summed E-state index contributed by atoms with van der Waals surface area (Å²) in [7, 11) is 2.12. The average molecular weight is 538 g/mol. The van der Waals surface area contributed by atoms with Crippen LogP contribution >= 0.6 is 0 Å². The number of Topliss-reactive ketones (excluding diaryl/α,β-unsaturated/α-hetero) is 1. The van der Waals surface area contributed by atoms with Crippen LogP contribution in [0.25, 0.3) is 0 Å². The number of allylic oxidation sites excluding steroid dienone is 2. The van der Waals surface area contributed by atoms with Gasteiger partial charge in [0.05, 0.1) is 12.1 Å². The van der Waals surface area contributed by atoms with Crippen LogP contribution in [0.1, 0.15) is 119 Å². The number of ketones is 2. The third kappa shape index (κ3) is 3.55. The van der Waals surface area contributed by atoms with Gasteiger partial charge in [-0.3, -0.25) is 14.5 Å². The van der Waals surface area contributed by atoms with Gasteiger partial charge in [0.25, 0.3) is 0 Å². The van der Waals surface area contributed by atoms with Crippen LogP contribution < -0.4 is 0 Å². The van der Waals surface area contributed by atoms with Crippen LogP contribution in [-0.4, -0.2) is 47.3 Å². The normalized spacial score (nSPS) is 53.2. The summed E-state index contributed by atoms with van der Waals surface area (Å²) in [6, 6.07) is 0.0680. The Balaban J connectivity index is 1.40. The van der Waals surface area contributed by atoms with Crippen LogP contribution in [0.5, 0.6) is 0 Å². The van der Waals surface area contributed by atoms with E-state index in [0.717, 1.165) is 70.8 Å². The number of hydrogen-bond acceptors (Lipinski definition) is 4. The Morgan fingerprint density at radius 1 is 0.923 bits per heavy atom. The molecule has 0 radical (unpaired) electrons. The highest BCUT2D eigenvalue weighted by molar-refractivity contribution is 5.96. The molecule has 0 bridgehead atoms. The smallest absolute Gasteiger partial charge is 0.159 e. The number of fused-ring (bicyclic) bond motifs is 7. The number of aliphatic hydroxyl groups excluding tert-OH is 1. The molecule has 0 amide bonds. The topological polar surface area (TPSA) is 57.6 Å². The van der Waals surface area contributed by atoms with Crippen LogP contribution in [0.4, 0.5) is 0 Å². The molecule has 10 atom stereocenters. The maximum atomic E-state index is 14.5. The first-order valence-electron chi connectivity index (χ1n) is 16.2. The molecule has 4 nitrogen and oxygen atoms in total. The Morgan fingerprint density at radius 2 is 1.62 bits per heavy atom. The van der Waals surface area contributed by atoms with Gasteiger partial charge in [0.1, 0.15) is 0 Å². The minimum absolute atomic E-state index is 0.0115. The zero-order valence-electron chi connectivity index (χ0n) is 26.2. The minimum Gasteiger partial charge on any atom is -0.393 e. The second-order valence-electron chi connectivity index (χ2n) is 17.1. The van der Waals surface area contributed by atoms with Crippen molar-refractivity contribution in [3.8, 4) is 0 Å². The van der Waals surface area contributed by atoms with Crippen molar-refractivity contribution in [3.05, 3.63) is 11.6 Å². The van der Waals surface area contributed by atoms with Crippen molar-refractivity contribution in [3.63, 3.8) is 0 Å². The summed E-state index contributed by atoms with van der Waals surface area (Å²) in [4.78, 5) is 30.8. The zero-order valence-corrected chi connectivity index (χ0v) is 26.2. The molecule has 0 aromatic carbocycles. The molecule has 218 valence electrons. The summed E-state index contributed by atoms with van der Waals surface area (Å²) in [5, 5.41) is 11.0. The predicted molar refractivity (Wildman–Crippen MR) is 156 cm³/mol. The number of nitrogens with zero attached hydrogens (tertiary/aromatic N) is 1. The molecule has 5 aliphatic carbocycles. The lowest BCUT2D eigenvalue weighted by atomic mass is 9.33. The first kappa shape index (κ1) is 28.1. The SMILES string of the molecule is CN1CCCC1C(=O)[C@@]1(C)CC[C@]2(C)CC[C@]3(C)C(=CC(=O)C4[C@@]5(C)CC[C@H](O)C(C)(C)C5CC[C@]43C)[C@H]2C1. The Kier molecular flexibility index (Phi) is 6.15. The molecule has 0 aromatic rings. The molecular formula is C35H55NO3. The molecule has 6 rings (SSSR count). The molecule has 1 heterocycles. The Hall–Kier alpha value is -1.00. The molecule has 1 saturated heterocycles. The summed E-state index contributed by atoms with van der Waals surface area (Å²) in [5.41, 5.74) is 0.926. The number of carbonyl (C=O) groups is 2. The van der Waals surface area contributed by atoms with Gasteiger partial charge in [0, 0.05) is 11.3 Å². The average Bonchev–Trinajstić information content (AvgIpc) is 3.29. The van der Waals surface area contributed by atoms with E-state index in [0.29, 0.717) is 23.4 Å². The van der Waals surface area contributed by atoms with E-state index in [1.54, 1.807) is 0 Å². The van der Waals surface area contributed by atoms with Gasteiger partial charge in [-0.05, 0) is 129 Å². The minimum atomic E-state index is -0.305. The van der Waals surface area contributed by atoms with Gasteiger partial charge in [-0.1, -0.05) is 54.0 Å². The third-order valence-electron chi connectivity index (χ3n) is 15.0. The second kappa shape index (κ2) is 8.52. The van der Waals surface area contributed by atoms with E-state index in [2.05, 4.69) is 66.5 Å². The number of likely N-dealkylation sites (tertiary alicyclic amines) is 1. The number of aliphatic hydroxyl groups is 1. The highest BCUT2D eigenvalue weighted by Crippen LogP contribution is 2.75. The summed E-state index contributed by atoms with van der Waals surface area (Å²) >= 11 is 0.